The first-order valence-electron chi connectivity index (χ1n) is 10.9. The second kappa shape index (κ2) is 11.3. The van der Waals surface area contributed by atoms with Gasteiger partial charge in [-0.1, -0.05) is 30.3 Å². The molecule has 0 fully saturated rings. The molecule has 0 radical (unpaired) electrons. The van der Waals surface area contributed by atoms with Crippen molar-refractivity contribution in [2.45, 2.75) is 17.4 Å². The SMILES string of the molecule is O=C(CN(c1ccc(F)cc1)S(=O)(=O)c1cccs1)NCc1ccc(OCc2ccc(F)cc2)cc1. The van der Waals surface area contributed by atoms with Gasteiger partial charge in [-0.15, -0.1) is 11.3 Å². The number of carbonyl (C=O) groups is 1. The van der Waals surface area contributed by atoms with Gasteiger partial charge in [0.25, 0.3) is 10.0 Å². The van der Waals surface area contributed by atoms with Crippen LogP contribution < -0.4 is 14.4 Å². The highest BCUT2D eigenvalue weighted by molar-refractivity contribution is 7.94. The van der Waals surface area contributed by atoms with E-state index in [4.69, 9.17) is 4.74 Å². The number of hydrogen-bond donors (Lipinski definition) is 1. The Kier molecular flexibility index (Phi) is 7.97. The predicted molar refractivity (Wildman–Crippen MR) is 134 cm³/mol. The lowest BCUT2D eigenvalue weighted by Crippen LogP contribution is -2.40. The van der Waals surface area contributed by atoms with Gasteiger partial charge in [0.2, 0.25) is 5.91 Å². The number of sulfonamides is 1. The van der Waals surface area contributed by atoms with E-state index in [0.717, 1.165) is 38.9 Å². The Morgan fingerprint density at radius 2 is 1.47 bits per heavy atom. The van der Waals surface area contributed by atoms with E-state index in [1.165, 1.54) is 30.3 Å². The fraction of sp³-hybridized carbons (Fsp3) is 0.115. The predicted octanol–water partition coefficient (Wildman–Crippen LogP) is 5.12. The molecule has 186 valence electrons. The first-order chi connectivity index (χ1) is 17.3. The van der Waals surface area contributed by atoms with E-state index in [9.17, 15) is 22.0 Å². The summed E-state index contributed by atoms with van der Waals surface area (Å²) in [5, 5.41) is 4.35. The van der Waals surface area contributed by atoms with Crippen molar-refractivity contribution in [1.29, 1.82) is 0 Å². The highest BCUT2D eigenvalue weighted by Gasteiger charge is 2.28. The van der Waals surface area contributed by atoms with E-state index in [0.29, 0.717) is 5.75 Å². The van der Waals surface area contributed by atoms with Gasteiger partial charge in [-0.25, -0.2) is 17.2 Å². The Hall–Kier alpha value is -3.76. The Bertz CT molecular complexity index is 1390. The molecule has 36 heavy (non-hydrogen) atoms. The third-order valence-electron chi connectivity index (χ3n) is 5.17. The van der Waals surface area contributed by atoms with Gasteiger partial charge in [-0.3, -0.25) is 9.10 Å². The highest BCUT2D eigenvalue weighted by atomic mass is 32.2. The minimum absolute atomic E-state index is 0.0795. The molecule has 10 heteroatoms. The molecule has 0 spiro atoms. The largest absolute Gasteiger partial charge is 0.489 e. The number of thiophene rings is 1. The summed E-state index contributed by atoms with van der Waals surface area (Å²) in [6.07, 6.45) is 0. The Balaban J connectivity index is 1.37. The minimum atomic E-state index is -4.01. The van der Waals surface area contributed by atoms with Crippen molar-refractivity contribution in [2.75, 3.05) is 10.8 Å². The topological polar surface area (TPSA) is 75.7 Å². The van der Waals surface area contributed by atoms with Crippen molar-refractivity contribution < 1.29 is 26.7 Å². The van der Waals surface area contributed by atoms with Crippen molar-refractivity contribution in [3.05, 3.63) is 113 Å². The fourth-order valence-electron chi connectivity index (χ4n) is 3.28. The number of benzene rings is 3. The molecule has 1 aromatic heterocycles. The van der Waals surface area contributed by atoms with E-state index in [1.807, 2.05) is 0 Å². The molecule has 1 N–H and O–H groups in total. The summed E-state index contributed by atoms with van der Waals surface area (Å²) < 4.78 is 59.4. The Morgan fingerprint density at radius 1 is 0.861 bits per heavy atom. The number of nitrogens with one attached hydrogen (secondary N) is 1. The number of amides is 1. The fourth-order valence-corrected chi connectivity index (χ4v) is 5.80. The summed E-state index contributed by atoms with van der Waals surface area (Å²) in [6, 6.07) is 21.1. The average molecular weight is 529 g/mol. The van der Waals surface area contributed by atoms with Crippen LogP contribution in [0.4, 0.5) is 14.5 Å². The van der Waals surface area contributed by atoms with Crippen LogP contribution in [0.5, 0.6) is 5.75 Å². The lowest BCUT2D eigenvalue weighted by atomic mass is 10.2. The van der Waals surface area contributed by atoms with Crippen molar-refractivity contribution in [1.82, 2.24) is 5.32 Å². The van der Waals surface area contributed by atoms with Crippen LogP contribution in [-0.2, 0) is 28.0 Å². The van der Waals surface area contributed by atoms with Crippen LogP contribution in [0.2, 0.25) is 0 Å². The molecule has 0 aliphatic rings. The van der Waals surface area contributed by atoms with Crippen molar-refractivity contribution in [2.24, 2.45) is 0 Å². The van der Waals surface area contributed by atoms with Crippen molar-refractivity contribution in [3.63, 3.8) is 0 Å². The van der Waals surface area contributed by atoms with Gasteiger partial charge in [0.05, 0.1) is 5.69 Å². The minimum Gasteiger partial charge on any atom is -0.489 e. The standard InChI is InChI=1S/C26H22F2N2O4S2/c27-21-7-3-20(4-8-21)18-34-24-13-5-19(6-14-24)16-29-25(31)17-30(23-11-9-22(28)10-12-23)36(32,33)26-2-1-15-35-26/h1-15H,16-18H2,(H,29,31). The van der Waals surface area contributed by atoms with Gasteiger partial charge < -0.3 is 10.1 Å². The number of anilines is 1. The van der Waals surface area contributed by atoms with Crippen LogP contribution in [0.3, 0.4) is 0 Å². The van der Waals surface area contributed by atoms with Crippen molar-refractivity contribution in [3.8, 4) is 5.75 Å². The van der Waals surface area contributed by atoms with Gasteiger partial charge in [-0.2, -0.15) is 0 Å². The molecule has 0 aliphatic heterocycles. The summed E-state index contributed by atoms with van der Waals surface area (Å²) in [5.74, 6) is -0.730. The normalized spacial score (nSPS) is 11.2. The summed E-state index contributed by atoms with van der Waals surface area (Å²) in [5.41, 5.74) is 1.80. The van der Waals surface area contributed by atoms with Gasteiger partial charge in [0, 0.05) is 6.54 Å². The van der Waals surface area contributed by atoms with Gasteiger partial charge in [-0.05, 0) is 71.1 Å². The zero-order chi connectivity index (χ0) is 25.5. The van der Waals surface area contributed by atoms with E-state index in [-0.39, 0.29) is 28.9 Å². The maximum atomic E-state index is 13.4. The lowest BCUT2D eigenvalue weighted by Gasteiger charge is -2.23. The second-order valence-electron chi connectivity index (χ2n) is 7.76. The van der Waals surface area contributed by atoms with E-state index in [2.05, 4.69) is 5.32 Å². The Labute approximate surface area is 211 Å². The molecule has 4 aromatic rings. The van der Waals surface area contributed by atoms with Gasteiger partial charge >= 0.3 is 0 Å². The Morgan fingerprint density at radius 3 is 2.08 bits per heavy atom. The van der Waals surface area contributed by atoms with Crippen LogP contribution >= 0.6 is 11.3 Å². The number of carbonyl (C=O) groups excluding carboxylic acids is 1. The second-order valence-corrected chi connectivity index (χ2v) is 10.8. The molecule has 6 nitrogen and oxygen atoms in total. The molecular formula is C26H22F2N2O4S2. The third kappa shape index (κ3) is 6.46. The highest BCUT2D eigenvalue weighted by Crippen LogP contribution is 2.26. The molecule has 0 unspecified atom stereocenters. The molecule has 1 heterocycles. The molecule has 0 saturated heterocycles. The molecule has 3 aromatic carbocycles. The first-order valence-corrected chi connectivity index (χ1v) is 13.2. The van der Waals surface area contributed by atoms with Crippen LogP contribution in [0, 0.1) is 11.6 Å². The summed E-state index contributed by atoms with van der Waals surface area (Å²) >= 11 is 1.03. The number of ether oxygens (including phenoxy) is 1. The average Bonchev–Trinajstić information content (AvgIpc) is 3.43. The van der Waals surface area contributed by atoms with Crippen LogP contribution in [0.25, 0.3) is 0 Å². The zero-order valence-corrected chi connectivity index (χ0v) is 20.6. The van der Waals surface area contributed by atoms with E-state index >= 15 is 0 Å². The zero-order valence-electron chi connectivity index (χ0n) is 18.9. The molecular weight excluding hydrogens is 506 g/mol. The molecule has 1 amide bonds. The van der Waals surface area contributed by atoms with Crippen LogP contribution in [0.15, 0.2) is 94.5 Å². The number of nitrogens with zero attached hydrogens (tertiary/aromatic N) is 1. The molecule has 0 saturated carbocycles. The molecule has 0 atom stereocenters. The van der Waals surface area contributed by atoms with Crippen molar-refractivity contribution >= 4 is 33.0 Å². The van der Waals surface area contributed by atoms with E-state index < -0.39 is 28.3 Å². The third-order valence-corrected chi connectivity index (χ3v) is 8.32. The first kappa shape index (κ1) is 25.3. The van der Waals surface area contributed by atoms with Gasteiger partial charge in [0.15, 0.2) is 0 Å². The molecule has 0 aliphatic carbocycles. The number of hydrogen-bond acceptors (Lipinski definition) is 5. The van der Waals surface area contributed by atoms with Crippen LogP contribution in [-0.4, -0.2) is 20.9 Å². The summed E-state index contributed by atoms with van der Waals surface area (Å²) in [7, 11) is -4.01. The maximum absolute atomic E-state index is 13.4. The summed E-state index contributed by atoms with van der Waals surface area (Å²) in [6.45, 7) is -0.00753. The monoisotopic (exact) mass is 528 g/mol. The maximum Gasteiger partial charge on any atom is 0.274 e. The molecule has 4 rings (SSSR count). The number of rotatable bonds is 10. The smallest absolute Gasteiger partial charge is 0.274 e. The summed E-state index contributed by atoms with van der Waals surface area (Å²) in [4.78, 5) is 12.7. The van der Waals surface area contributed by atoms with Crippen LogP contribution in [0.1, 0.15) is 11.1 Å². The quantitative estimate of drug-likeness (QED) is 0.310. The van der Waals surface area contributed by atoms with Gasteiger partial charge in [0.1, 0.15) is 34.7 Å². The number of halogens is 2. The molecule has 0 bridgehead atoms. The van der Waals surface area contributed by atoms with E-state index in [1.54, 1.807) is 47.8 Å². The lowest BCUT2D eigenvalue weighted by molar-refractivity contribution is -0.119.